The molecule has 2 heterocycles. The van der Waals surface area contributed by atoms with Crippen molar-refractivity contribution in [2.45, 2.75) is 0 Å². The van der Waals surface area contributed by atoms with Crippen molar-refractivity contribution in [2.24, 2.45) is 0 Å². The molecule has 0 bridgehead atoms. The lowest BCUT2D eigenvalue weighted by Gasteiger charge is -2.14. The number of aromatic amines is 1. The Balaban J connectivity index is 2.10. The SMILES string of the molecule is COC(=O)CN(C)c1ncc(-c2cc[nH]c2)cn1. The van der Waals surface area contributed by atoms with Gasteiger partial charge in [-0.2, -0.15) is 0 Å². The molecule has 94 valence electrons. The van der Waals surface area contributed by atoms with Gasteiger partial charge in [-0.05, 0) is 6.07 Å². The van der Waals surface area contributed by atoms with Gasteiger partial charge >= 0.3 is 5.97 Å². The predicted molar refractivity (Wildman–Crippen MR) is 67.1 cm³/mol. The molecule has 0 spiro atoms. The number of carbonyl (C=O) groups excluding carboxylic acids is 1. The number of H-pyrrole nitrogens is 1. The Morgan fingerprint density at radius 1 is 1.39 bits per heavy atom. The smallest absolute Gasteiger partial charge is 0.325 e. The van der Waals surface area contributed by atoms with E-state index in [0.717, 1.165) is 11.1 Å². The topological polar surface area (TPSA) is 71.1 Å². The number of hydrogen-bond donors (Lipinski definition) is 1. The quantitative estimate of drug-likeness (QED) is 0.817. The number of carbonyl (C=O) groups is 1. The van der Waals surface area contributed by atoms with E-state index >= 15 is 0 Å². The van der Waals surface area contributed by atoms with Crippen molar-refractivity contribution in [2.75, 3.05) is 25.6 Å². The molecule has 6 heteroatoms. The maximum Gasteiger partial charge on any atom is 0.325 e. The van der Waals surface area contributed by atoms with E-state index in [9.17, 15) is 4.79 Å². The summed E-state index contributed by atoms with van der Waals surface area (Å²) in [7, 11) is 3.09. The first kappa shape index (κ1) is 12.1. The van der Waals surface area contributed by atoms with Gasteiger partial charge in [0.1, 0.15) is 6.54 Å². The van der Waals surface area contributed by atoms with E-state index in [1.165, 1.54) is 7.11 Å². The Hall–Kier alpha value is -2.37. The molecule has 0 atom stereocenters. The summed E-state index contributed by atoms with van der Waals surface area (Å²) in [6.45, 7) is 0.125. The lowest BCUT2D eigenvalue weighted by Crippen LogP contribution is -2.27. The van der Waals surface area contributed by atoms with E-state index in [1.54, 1.807) is 24.3 Å². The first-order chi connectivity index (χ1) is 8.70. The highest BCUT2D eigenvalue weighted by Gasteiger charge is 2.09. The van der Waals surface area contributed by atoms with Crippen LogP contribution in [0.4, 0.5) is 5.95 Å². The average molecular weight is 246 g/mol. The maximum absolute atomic E-state index is 11.1. The molecule has 0 aromatic carbocycles. The third kappa shape index (κ3) is 2.65. The van der Waals surface area contributed by atoms with Crippen molar-refractivity contribution in [3.8, 4) is 11.1 Å². The van der Waals surface area contributed by atoms with Crippen LogP contribution in [0.25, 0.3) is 11.1 Å². The lowest BCUT2D eigenvalue weighted by atomic mass is 10.2. The van der Waals surface area contributed by atoms with E-state index in [2.05, 4.69) is 19.7 Å². The molecular formula is C12H14N4O2. The summed E-state index contributed by atoms with van der Waals surface area (Å²) in [4.78, 5) is 24.2. The molecular weight excluding hydrogens is 232 g/mol. The zero-order chi connectivity index (χ0) is 13.0. The molecule has 18 heavy (non-hydrogen) atoms. The zero-order valence-electron chi connectivity index (χ0n) is 10.3. The Bertz CT molecular complexity index is 507. The molecule has 1 N–H and O–H groups in total. The Morgan fingerprint density at radius 3 is 2.67 bits per heavy atom. The standard InChI is InChI=1S/C12H14N4O2/c1-16(8-11(17)18-2)12-14-6-10(7-15-12)9-3-4-13-5-9/h3-7,13H,8H2,1-2H3. The third-order valence-electron chi connectivity index (χ3n) is 2.50. The van der Waals surface area contributed by atoms with E-state index < -0.39 is 0 Å². The minimum atomic E-state index is -0.323. The fourth-order valence-electron chi connectivity index (χ4n) is 1.50. The van der Waals surface area contributed by atoms with Crippen molar-refractivity contribution in [1.29, 1.82) is 0 Å². The van der Waals surface area contributed by atoms with Gasteiger partial charge in [-0.3, -0.25) is 4.79 Å². The molecule has 6 nitrogen and oxygen atoms in total. The zero-order valence-corrected chi connectivity index (χ0v) is 10.3. The van der Waals surface area contributed by atoms with Crippen molar-refractivity contribution in [1.82, 2.24) is 15.0 Å². The van der Waals surface area contributed by atoms with Crippen LogP contribution < -0.4 is 4.90 Å². The van der Waals surface area contributed by atoms with Crippen LogP contribution in [-0.4, -0.2) is 41.6 Å². The largest absolute Gasteiger partial charge is 0.468 e. The second-order valence-corrected chi connectivity index (χ2v) is 3.80. The van der Waals surface area contributed by atoms with E-state index in [-0.39, 0.29) is 12.5 Å². The molecule has 0 radical (unpaired) electrons. The summed E-state index contributed by atoms with van der Waals surface area (Å²) >= 11 is 0. The molecule has 0 saturated heterocycles. The van der Waals surface area contributed by atoms with Gasteiger partial charge in [-0.1, -0.05) is 0 Å². The molecule has 2 aromatic heterocycles. The molecule has 2 rings (SSSR count). The second kappa shape index (κ2) is 5.31. The summed E-state index contributed by atoms with van der Waals surface area (Å²) in [6, 6.07) is 1.94. The van der Waals surface area contributed by atoms with E-state index in [4.69, 9.17) is 0 Å². The van der Waals surface area contributed by atoms with Crippen LogP contribution in [-0.2, 0) is 9.53 Å². The molecule has 0 saturated carbocycles. The first-order valence-corrected chi connectivity index (χ1v) is 5.44. The molecule has 0 aliphatic rings. The van der Waals surface area contributed by atoms with Crippen LogP contribution in [0.2, 0.25) is 0 Å². The average Bonchev–Trinajstić information content (AvgIpc) is 2.92. The molecule has 0 aliphatic carbocycles. The van der Waals surface area contributed by atoms with Gasteiger partial charge in [0.25, 0.3) is 0 Å². The summed E-state index contributed by atoms with van der Waals surface area (Å²) < 4.78 is 4.58. The molecule has 0 unspecified atom stereocenters. The monoisotopic (exact) mass is 246 g/mol. The maximum atomic E-state index is 11.1. The number of ether oxygens (including phenoxy) is 1. The van der Waals surface area contributed by atoms with Crippen LogP contribution >= 0.6 is 0 Å². The first-order valence-electron chi connectivity index (χ1n) is 5.44. The number of anilines is 1. The van der Waals surface area contributed by atoms with Crippen molar-refractivity contribution < 1.29 is 9.53 Å². The van der Waals surface area contributed by atoms with Gasteiger partial charge in [0.2, 0.25) is 5.95 Å². The number of esters is 1. The van der Waals surface area contributed by atoms with Crippen molar-refractivity contribution in [3.63, 3.8) is 0 Å². The van der Waals surface area contributed by atoms with Gasteiger partial charge in [-0.25, -0.2) is 9.97 Å². The molecule has 0 amide bonds. The highest BCUT2D eigenvalue weighted by molar-refractivity contribution is 5.74. The molecule has 2 aromatic rings. The van der Waals surface area contributed by atoms with Crippen LogP contribution in [0.1, 0.15) is 0 Å². The lowest BCUT2D eigenvalue weighted by molar-refractivity contribution is -0.138. The minimum Gasteiger partial charge on any atom is -0.468 e. The summed E-state index contributed by atoms with van der Waals surface area (Å²) in [5, 5.41) is 0. The fourth-order valence-corrected chi connectivity index (χ4v) is 1.50. The number of aromatic nitrogens is 3. The van der Waals surface area contributed by atoms with Crippen LogP contribution in [0.15, 0.2) is 30.9 Å². The Kier molecular flexibility index (Phi) is 3.57. The number of nitrogens with one attached hydrogen (secondary N) is 1. The van der Waals surface area contributed by atoms with E-state index in [0.29, 0.717) is 5.95 Å². The Labute approximate surface area is 105 Å². The highest BCUT2D eigenvalue weighted by Crippen LogP contribution is 2.17. The van der Waals surface area contributed by atoms with Gasteiger partial charge in [0, 0.05) is 43.0 Å². The van der Waals surface area contributed by atoms with Gasteiger partial charge in [0.15, 0.2) is 0 Å². The normalized spacial score (nSPS) is 10.1. The molecule has 0 fully saturated rings. The predicted octanol–water partition coefficient (Wildman–Crippen LogP) is 1.08. The van der Waals surface area contributed by atoms with Gasteiger partial charge in [0.05, 0.1) is 7.11 Å². The number of rotatable bonds is 4. The summed E-state index contributed by atoms with van der Waals surface area (Å²) in [6.07, 6.45) is 7.15. The number of nitrogens with zero attached hydrogens (tertiary/aromatic N) is 3. The third-order valence-corrected chi connectivity index (χ3v) is 2.50. The van der Waals surface area contributed by atoms with Gasteiger partial charge in [-0.15, -0.1) is 0 Å². The number of likely N-dealkylation sites (N-methyl/N-ethyl adjacent to an activating group) is 1. The van der Waals surface area contributed by atoms with Crippen LogP contribution in [0, 0.1) is 0 Å². The minimum absolute atomic E-state index is 0.125. The molecule has 0 aliphatic heterocycles. The van der Waals surface area contributed by atoms with Crippen LogP contribution in [0.5, 0.6) is 0 Å². The van der Waals surface area contributed by atoms with Gasteiger partial charge < -0.3 is 14.6 Å². The summed E-state index contributed by atoms with van der Waals surface area (Å²) in [5.74, 6) is 0.162. The second-order valence-electron chi connectivity index (χ2n) is 3.80. The number of methoxy groups -OCH3 is 1. The number of hydrogen-bond acceptors (Lipinski definition) is 5. The highest BCUT2D eigenvalue weighted by atomic mass is 16.5. The fraction of sp³-hybridized carbons (Fsp3) is 0.250. The Morgan fingerprint density at radius 2 is 2.11 bits per heavy atom. The van der Waals surface area contributed by atoms with Crippen molar-refractivity contribution >= 4 is 11.9 Å². The summed E-state index contributed by atoms with van der Waals surface area (Å²) in [5.41, 5.74) is 1.95. The van der Waals surface area contributed by atoms with Crippen molar-refractivity contribution in [3.05, 3.63) is 30.9 Å². The van der Waals surface area contributed by atoms with E-state index in [1.807, 2.05) is 18.5 Å². The van der Waals surface area contributed by atoms with Crippen LogP contribution in [0.3, 0.4) is 0 Å².